The molecule has 8 nitrogen and oxygen atoms in total. The molecule has 2 aromatic carbocycles. The number of carboxylic acid groups (broad SMARTS) is 1. The highest BCUT2D eigenvalue weighted by Gasteiger charge is 2.34. The van der Waals surface area contributed by atoms with E-state index in [1.165, 1.54) is 11.1 Å². The van der Waals surface area contributed by atoms with E-state index in [1.54, 1.807) is 18.4 Å². The lowest BCUT2D eigenvalue weighted by molar-refractivity contribution is -0.142. The van der Waals surface area contributed by atoms with Gasteiger partial charge in [0.2, 0.25) is 0 Å². The number of benzene rings is 2. The first-order chi connectivity index (χ1) is 19.3. The van der Waals surface area contributed by atoms with Gasteiger partial charge in [-0.2, -0.15) is 0 Å². The normalized spacial score (nSPS) is 15.1. The summed E-state index contributed by atoms with van der Waals surface area (Å²) in [7, 11) is 0. The van der Waals surface area contributed by atoms with Crippen molar-refractivity contribution >= 4 is 17.4 Å². The number of aliphatic carboxylic acids is 1. The first kappa shape index (κ1) is 27.8. The Bertz CT molecular complexity index is 1370. The average Bonchev–Trinajstić information content (AvgIpc) is 3.32. The number of hydrogen-bond acceptors (Lipinski definition) is 6. The highest BCUT2D eigenvalue weighted by molar-refractivity contribution is 5.80. The lowest BCUT2D eigenvalue weighted by Crippen LogP contribution is -2.38. The summed E-state index contributed by atoms with van der Waals surface area (Å²) in [4.78, 5) is 18.8. The van der Waals surface area contributed by atoms with Crippen molar-refractivity contribution in [1.82, 2.24) is 19.5 Å². The topological polar surface area (TPSA) is 92.0 Å². The van der Waals surface area contributed by atoms with Crippen LogP contribution in [0.15, 0.2) is 72.8 Å². The molecule has 8 heteroatoms. The summed E-state index contributed by atoms with van der Waals surface area (Å²) >= 11 is 0. The molecule has 0 atom stereocenters. The number of rotatable bonds is 11. The molecule has 40 heavy (non-hydrogen) atoms. The van der Waals surface area contributed by atoms with E-state index in [2.05, 4.69) is 68.8 Å². The van der Waals surface area contributed by atoms with Gasteiger partial charge in [0, 0.05) is 19.6 Å². The number of aryl methyl sites for hydroxylation is 1. The number of carbonyl (C=O) groups is 1. The predicted octanol–water partition coefficient (Wildman–Crippen LogP) is 5.47. The molecule has 5 rings (SSSR count). The molecule has 0 amide bonds. The van der Waals surface area contributed by atoms with Crippen molar-refractivity contribution in [2.75, 3.05) is 31.5 Å². The highest BCUT2D eigenvalue weighted by atomic mass is 16.5. The third-order valence-corrected chi connectivity index (χ3v) is 7.85. The van der Waals surface area contributed by atoms with E-state index >= 15 is 0 Å². The molecule has 2 N–H and O–H groups in total. The van der Waals surface area contributed by atoms with Crippen molar-refractivity contribution in [1.29, 1.82) is 0 Å². The summed E-state index contributed by atoms with van der Waals surface area (Å²) in [5.74, 6) is -0.146. The maximum absolute atomic E-state index is 11.7. The number of aromatic nitrogens is 3. The van der Waals surface area contributed by atoms with Crippen LogP contribution in [0.5, 0.6) is 0 Å². The van der Waals surface area contributed by atoms with Gasteiger partial charge in [-0.3, -0.25) is 4.79 Å². The lowest BCUT2D eigenvalue weighted by atomic mass is 9.88. The number of fused-ring (bicyclic) bond motifs is 1. The first-order valence-corrected chi connectivity index (χ1v) is 14.1. The number of nitrogens with zero attached hydrogens (tertiary/aromatic N) is 4. The minimum atomic E-state index is -1.08. The van der Waals surface area contributed by atoms with Gasteiger partial charge in [0.05, 0.1) is 17.5 Å². The summed E-state index contributed by atoms with van der Waals surface area (Å²) in [5, 5.41) is 17.7. The number of piperidine rings is 1. The fraction of sp³-hybridized carbons (Fsp3) is 0.406. The molecule has 0 unspecified atom stereocenters. The van der Waals surface area contributed by atoms with Crippen molar-refractivity contribution in [3.8, 4) is 0 Å². The smallest absolute Gasteiger partial charge is 0.315 e. The Morgan fingerprint density at radius 3 is 2.25 bits per heavy atom. The van der Waals surface area contributed by atoms with Gasteiger partial charge in [0.15, 0.2) is 5.65 Å². The van der Waals surface area contributed by atoms with Crippen LogP contribution in [0.1, 0.15) is 61.7 Å². The molecule has 210 valence electrons. The molecule has 2 aromatic heterocycles. The standard InChI is InChI=1S/C32H39N5O3/c1-23-30(32(2,3)31(38)39)34-28-16-15-27(35-37(23)28)33-19-10-20-36-21-17-26(18-22-36)40-29(24-11-6-4-7-12-24)25-13-8-5-9-14-25/h4-9,11-16,26,29H,10,17-22H2,1-3H3,(H,33,35)(H,38,39). The number of anilines is 1. The third kappa shape index (κ3) is 6.18. The second-order valence-corrected chi connectivity index (χ2v) is 11.1. The Morgan fingerprint density at radius 1 is 1.02 bits per heavy atom. The average molecular weight is 542 g/mol. The molecule has 4 aromatic rings. The molecule has 1 aliphatic heterocycles. The molecule has 3 heterocycles. The van der Waals surface area contributed by atoms with Crippen LogP contribution in [0.2, 0.25) is 0 Å². The highest BCUT2D eigenvalue weighted by Crippen LogP contribution is 2.30. The van der Waals surface area contributed by atoms with Crippen LogP contribution in [0.3, 0.4) is 0 Å². The van der Waals surface area contributed by atoms with Gasteiger partial charge in [-0.05, 0) is 69.8 Å². The Morgan fingerprint density at radius 2 is 1.65 bits per heavy atom. The van der Waals surface area contributed by atoms with E-state index in [4.69, 9.17) is 4.74 Å². The van der Waals surface area contributed by atoms with Gasteiger partial charge in [-0.15, -0.1) is 5.10 Å². The molecule has 0 bridgehead atoms. The Kier molecular flexibility index (Phi) is 8.47. The van der Waals surface area contributed by atoms with Crippen LogP contribution >= 0.6 is 0 Å². The zero-order valence-electron chi connectivity index (χ0n) is 23.6. The maximum Gasteiger partial charge on any atom is 0.315 e. The Balaban J connectivity index is 1.10. The van der Waals surface area contributed by atoms with Crippen molar-refractivity contribution < 1.29 is 14.6 Å². The number of hydrogen-bond donors (Lipinski definition) is 2. The third-order valence-electron chi connectivity index (χ3n) is 7.85. The van der Waals surface area contributed by atoms with E-state index in [1.807, 2.05) is 31.2 Å². The summed E-state index contributed by atoms with van der Waals surface area (Å²) in [6.07, 6.45) is 3.25. The molecule has 0 aliphatic carbocycles. The summed E-state index contributed by atoms with van der Waals surface area (Å²) in [5.41, 5.74) is 3.25. The molecule has 0 saturated carbocycles. The molecule has 1 aliphatic rings. The van der Waals surface area contributed by atoms with Crippen molar-refractivity contribution in [3.63, 3.8) is 0 Å². The van der Waals surface area contributed by atoms with Crippen LogP contribution in [0.25, 0.3) is 5.65 Å². The maximum atomic E-state index is 11.7. The monoisotopic (exact) mass is 541 g/mol. The molecule has 1 fully saturated rings. The van der Waals surface area contributed by atoms with Gasteiger partial charge in [0.25, 0.3) is 0 Å². The second kappa shape index (κ2) is 12.2. The number of ether oxygens (including phenoxy) is 1. The fourth-order valence-electron chi connectivity index (χ4n) is 5.42. The Hall–Kier alpha value is -3.75. The van der Waals surface area contributed by atoms with Crippen LogP contribution in [-0.2, 0) is 14.9 Å². The Labute approximate surface area is 236 Å². The van der Waals surface area contributed by atoms with E-state index < -0.39 is 11.4 Å². The molecule has 1 saturated heterocycles. The number of likely N-dealkylation sites (tertiary alicyclic amines) is 1. The summed E-state index contributed by atoms with van der Waals surface area (Å²) in [6, 6.07) is 24.8. The minimum absolute atomic E-state index is 0.0431. The van der Waals surface area contributed by atoms with Gasteiger partial charge in [-0.25, -0.2) is 9.50 Å². The minimum Gasteiger partial charge on any atom is -0.481 e. The van der Waals surface area contributed by atoms with Crippen LogP contribution in [0.4, 0.5) is 5.82 Å². The molecular formula is C32H39N5O3. The number of nitrogens with one attached hydrogen (secondary N) is 1. The van der Waals surface area contributed by atoms with Gasteiger partial charge in [-0.1, -0.05) is 60.7 Å². The second-order valence-electron chi connectivity index (χ2n) is 11.1. The van der Waals surface area contributed by atoms with Gasteiger partial charge >= 0.3 is 5.97 Å². The molecule has 0 spiro atoms. The lowest BCUT2D eigenvalue weighted by Gasteiger charge is -2.34. The summed E-state index contributed by atoms with van der Waals surface area (Å²) in [6.45, 7) is 9.09. The van der Waals surface area contributed by atoms with Crippen molar-refractivity contribution in [2.24, 2.45) is 0 Å². The molecule has 0 radical (unpaired) electrons. The van der Waals surface area contributed by atoms with E-state index in [9.17, 15) is 9.90 Å². The fourth-order valence-corrected chi connectivity index (χ4v) is 5.42. The zero-order chi connectivity index (χ0) is 28.1. The van der Waals surface area contributed by atoms with Crippen molar-refractivity contribution in [3.05, 3.63) is 95.3 Å². The van der Waals surface area contributed by atoms with Crippen molar-refractivity contribution in [2.45, 2.75) is 57.7 Å². The SMILES string of the molecule is Cc1c(C(C)(C)C(=O)O)nc2ccc(NCCCN3CCC(OC(c4ccccc4)c4ccccc4)CC3)nn12. The van der Waals surface area contributed by atoms with Gasteiger partial charge < -0.3 is 20.1 Å². The van der Waals surface area contributed by atoms with Gasteiger partial charge in [0.1, 0.15) is 17.3 Å². The number of carboxylic acids is 1. The van der Waals surface area contributed by atoms with Crippen LogP contribution in [-0.4, -0.2) is 62.9 Å². The number of imidazole rings is 1. The summed E-state index contributed by atoms with van der Waals surface area (Å²) < 4.78 is 8.42. The van der Waals surface area contributed by atoms with E-state index in [0.29, 0.717) is 11.3 Å². The van der Waals surface area contributed by atoms with E-state index in [-0.39, 0.29) is 12.2 Å². The van der Waals surface area contributed by atoms with E-state index in [0.717, 1.165) is 57.0 Å². The predicted molar refractivity (Wildman–Crippen MR) is 157 cm³/mol. The quantitative estimate of drug-likeness (QED) is 0.243. The molecular weight excluding hydrogens is 502 g/mol. The van der Waals surface area contributed by atoms with Crippen LogP contribution < -0.4 is 5.32 Å². The zero-order valence-corrected chi connectivity index (χ0v) is 23.6. The van der Waals surface area contributed by atoms with Crippen LogP contribution in [0, 0.1) is 6.92 Å². The first-order valence-electron chi connectivity index (χ1n) is 14.1. The largest absolute Gasteiger partial charge is 0.481 e.